The summed E-state index contributed by atoms with van der Waals surface area (Å²) < 4.78 is 5.19. The zero-order chi connectivity index (χ0) is 14.7. The molecule has 0 bridgehead atoms. The zero-order valence-corrected chi connectivity index (χ0v) is 11.9. The molecule has 1 heterocycles. The molecule has 0 saturated heterocycles. The molecule has 2 aromatic rings. The smallest absolute Gasteiger partial charge is 0.363 e. The number of hydrogen-bond acceptors (Lipinski definition) is 3. The molecule has 0 unspecified atom stereocenters. The molecule has 1 aliphatic heterocycles. The first kappa shape index (κ1) is 13.6. The molecule has 2 aromatic carbocycles. The van der Waals surface area contributed by atoms with E-state index < -0.39 is 5.97 Å². The predicted molar refractivity (Wildman–Crippen MR) is 83.1 cm³/mol. The second kappa shape index (κ2) is 5.94. The lowest BCUT2D eigenvalue weighted by atomic mass is 10.1. The Morgan fingerprint density at radius 1 is 1.05 bits per heavy atom. The number of rotatable bonds is 3. The Morgan fingerprint density at radius 2 is 1.76 bits per heavy atom. The number of aliphatic imine (C=N–C) groups is 1. The van der Waals surface area contributed by atoms with Gasteiger partial charge in [0.2, 0.25) is 5.90 Å². The SMILES string of the molecule is O=C1OC(Cc2ccccc2)=N/C1=C/c1ccc(Cl)cc1. The Hall–Kier alpha value is -2.39. The van der Waals surface area contributed by atoms with Crippen molar-refractivity contribution >= 4 is 29.5 Å². The Balaban J connectivity index is 1.80. The first-order valence-electron chi connectivity index (χ1n) is 6.52. The first-order chi connectivity index (χ1) is 10.2. The summed E-state index contributed by atoms with van der Waals surface area (Å²) in [7, 11) is 0. The largest absolute Gasteiger partial charge is 0.406 e. The predicted octanol–water partition coefficient (Wildman–Crippen LogP) is 3.88. The lowest BCUT2D eigenvalue weighted by Crippen LogP contribution is -2.06. The van der Waals surface area contributed by atoms with E-state index in [2.05, 4.69) is 4.99 Å². The molecule has 3 nitrogen and oxygen atoms in total. The van der Waals surface area contributed by atoms with Crippen LogP contribution in [0.3, 0.4) is 0 Å². The summed E-state index contributed by atoms with van der Waals surface area (Å²) >= 11 is 5.83. The Bertz CT molecular complexity index is 718. The molecule has 0 aromatic heterocycles. The summed E-state index contributed by atoms with van der Waals surface area (Å²) in [5, 5.41) is 0.652. The first-order valence-corrected chi connectivity index (χ1v) is 6.89. The Kier molecular flexibility index (Phi) is 3.84. The van der Waals surface area contributed by atoms with Crippen LogP contribution in [0.1, 0.15) is 11.1 Å². The highest BCUT2D eigenvalue weighted by atomic mass is 35.5. The normalized spacial score (nSPS) is 16.0. The monoisotopic (exact) mass is 297 g/mol. The maximum atomic E-state index is 11.8. The summed E-state index contributed by atoms with van der Waals surface area (Å²) in [6.07, 6.45) is 2.20. The minimum Gasteiger partial charge on any atom is -0.406 e. The van der Waals surface area contributed by atoms with E-state index in [0.29, 0.717) is 23.0 Å². The van der Waals surface area contributed by atoms with Crippen molar-refractivity contribution in [1.82, 2.24) is 0 Å². The topological polar surface area (TPSA) is 38.7 Å². The van der Waals surface area contributed by atoms with E-state index in [-0.39, 0.29) is 0 Å². The average Bonchev–Trinajstić information content (AvgIpc) is 2.82. The standard InChI is InChI=1S/C17H12ClNO2/c18-14-8-6-13(7-9-14)10-15-17(20)21-16(19-15)11-12-4-2-1-3-5-12/h1-10H,11H2/b15-10+. The molecule has 0 amide bonds. The fourth-order valence-corrected chi connectivity index (χ4v) is 2.14. The van der Waals surface area contributed by atoms with Gasteiger partial charge in [0.05, 0.1) is 0 Å². The summed E-state index contributed by atoms with van der Waals surface area (Å²) in [6.45, 7) is 0. The highest BCUT2D eigenvalue weighted by Gasteiger charge is 2.22. The second-order valence-electron chi connectivity index (χ2n) is 4.64. The van der Waals surface area contributed by atoms with Crippen molar-refractivity contribution in [3.05, 3.63) is 76.4 Å². The molecule has 0 atom stereocenters. The Labute approximate surface area is 127 Å². The molecule has 3 rings (SSSR count). The van der Waals surface area contributed by atoms with Gasteiger partial charge in [0.15, 0.2) is 5.70 Å². The molecule has 0 aliphatic carbocycles. The van der Waals surface area contributed by atoms with Crippen LogP contribution in [-0.2, 0) is 16.0 Å². The number of carbonyl (C=O) groups is 1. The van der Waals surface area contributed by atoms with E-state index in [9.17, 15) is 4.79 Å². The van der Waals surface area contributed by atoms with Gasteiger partial charge >= 0.3 is 5.97 Å². The van der Waals surface area contributed by atoms with Gasteiger partial charge in [-0.3, -0.25) is 0 Å². The maximum Gasteiger partial charge on any atom is 0.363 e. The quantitative estimate of drug-likeness (QED) is 0.637. The number of benzene rings is 2. The lowest BCUT2D eigenvalue weighted by molar-refractivity contribution is -0.130. The number of halogens is 1. The molecule has 0 N–H and O–H groups in total. The third-order valence-electron chi connectivity index (χ3n) is 3.04. The van der Waals surface area contributed by atoms with E-state index in [1.165, 1.54) is 0 Å². The van der Waals surface area contributed by atoms with E-state index in [0.717, 1.165) is 11.1 Å². The van der Waals surface area contributed by atoms with Crippen LogP contribution in [-0.4, -0.2) is 11.9 Å². The van der Waals surface area contributed by atoms with Crippen LogP contribution in [0.4, 0.5) is 0 Å². The van der Waals surface area contributed by atoms with E-state index in [1.807, 2.05) is 42.5 Å². The molecule has 104 valence electrons. The molecular weight excluding hydrogens is 286 g/mol. The summed E-state index contributed by atoms with van der Waals surface area (Å²) in [5.74, 6) is 0.00212. The van der Waals surface area contributed by atoms with Gasteiger partial charge in [0, 0.05) is 11.4 Å². The number of carbonyl (C=O) groups excluding carboxylic acids is 1. The number of ether oxygens (including phenoxy) is 1. The van der Waals surface area contributed by atoms with Gasteiger partial charge < -0.3 is 4.74 Å². The van der Waals surface area contributed by atoms with Crippen molar-refractivity contribution in [2.24, 2.45) is 4.99 Å². The van der Waals surface area contributed by atoms with Crippen LogP contribution < -0.4 is 0 Å². The van der Waals surface area contributed by atoms with Crippen molar-refractivity contribution < 1.29 is 9.53 Å². The molecule has 1 aliphatic rings. The highest BCUT2D eigenvalue weighted by molar-refractivity contribution is 6.30. The van der Waals surface area contributed by atoms with Gasteiger partial charge in [0.1, 0.15) is 0 Å². The van der Waals surface area contributed by atoms with Gasteiger partial charge in [-0.25, -0.2) is 9.79 Å². The number of esters is 1. The fourth-order valence-electron chi connectivity index (χ4n) is 2.02. The third-order valence-corrected chi connectivity index (χ3v) is 3.29. The third kappa shape index (κ3) is 3.38. The van der Waals surface area contributed by atoms with Crippen molar-refractivity contribution in [3.8, 4) is 0 Å². The fraction of sp³-hybridized carbons (Fsp3) is 0.0588. The van der Waals surface area contributed by atoms with E-state index >= 15 is 0 Å². The molecule has 0 radical (unpaired) electrons. The maximum absolute atomic E-state index is 11.8. The molecule has 0 fully saturated rings. The molecule has 4 heteroatoms. The van der Waals surface area contributed by atoms with Crippen LogP contribution in [0.2, 0.25) is 5.02 Å². The molecule has 0 spiro atoms. The van der Waals surface area contributed by atoms with Gasteiger partial charge in [-0.05, 0) is 29.3 Å². The van der Waals surface area contributed by atoms with Crippen molar-refractivity contribution in [3.63, 3.8) is 0 Å². The lowest BCUT2D eigenvalue weighted by Gasteiger charge is -1.98. The van der Waals surface area contributed by atoms with Crippen LogP contribution in [0.5, 0.6) is 0 Å². The molecule has 21 heavy (non-hydrogen) atoms. The van der Waals surface area contributed by atoms with Gasteiger partial charge in [0.25, 0.3) is 0 Å². The number of nitrogens with zero attached hydrogens (tertiary/aromatic N) is 1. The van der Waals surface area contributed by atoms with Crippen LogP contribution in [0.25, 0.3) is 6.08 Å². The van der Waals surface area contributed by atoms with Crippen LogP contribution in [0, 0.1) is 0 Å². The molecular formula is C17H12ClNO2. The summed E-state index contributed by atoms with van der Waals surface area (Å²) in [6, 6.07) is 17.0. The van der Waals surface area contributed by atoms with Crippen molar-refractivity contribution in [2.75, 3.05) is 0 Å². The van der Waals surface area contributed by atoms with Crippen molar-refractivity contribution in [2.45, 2.75) is 6.42 Å². The highest BCUT2D eigenvalue weighted by Crippen LogP contribution is 2.18. The van der Waals surface area contributed by atoms with Gasteiger partial charge in [-0.1, -0.05) is 54.1 Å². The minimum absolute atomic E-state index is 0.309. The summed E-state index contributed by atoms with van der Waals surface area (Å²) in [4.78, 5) is 16.1. The van der Waals surface area contributed by atoms with Crippen LogP contribution >= 0.6 is 11.6 Å². The second-order valence-corrected chi connectivity index (χ2v) is 5.08. The average molecular weight is 298 g/mol. The summed E-state index contributed by atoms with van der Waals surface area (Å²) in [5.41, 5.74) is 2.22. The number of cyclic esters (lactones) is 1. The van der Waals surface area contributed by atoms with Crippen molar-refractivity contribution in [1.29, 1.82) is 0 Å². The van der Waals surface area contributed by atoms with E-state index in [4.69, 9.17) is 16.3 Å². The molecule has 0 saturated carbocycles. The minimum atomic E-state index is -0.420. The number of hydrogen-bond donors (Lipinski definition) is 0. The Morgan fingerprint density at radius 3 is 2.48 bits per heavy atom. The zero-order valence-electron chi connectivity index (χ0n) is 11.1. The van der Waals surface area contributed by atoms with E-state index in [1.54, 1.807) is 18.2 Å². The van der Waals surface area contributed by atoms with Gasteiger partial charge in [-0.15, -0.1) is 0 Å². The van der Waals surface area contributed by atoms with Crippen LogP contribution in [0.15, 0.2) is 65.3 Å². The van der Waals surface area contributed by atoms with Gasteiger partial charge in [-0.2, -0.15) is 0 Å².